The van der Waals surface area contributed by atoms with Crippen LogP contribution in [0.1, 0.15) is 10.8 Å². The summed E-state index contributed by atoms with van der Waals surface area (Å²) in [7, 11) is 0. The molecule has 1 aromatic rings. The van der Waals surface area contributed by atoms with Gasteiger partial charge in [0, 0.05) is 28.2 Å². The summed E-state index contributed by atoms with van der Waals surface area (Å²) in [5.41, 5.74) is 6.01. The fraction of sp³-hybridized carbons (Fsp3) is 0.312. The van der Waals surface area contributed by atoms with Crippen molar-refractivity contribution < 1.29 is 0 Å². The molecule has 0 aromatic carbocycles. The van der Waals surface area contributed by atoms with Crippen molar-refractivity contribution in [2.45, 2.75) is 5.92 Å². The van der Waals surface area contributed by atoms with E-state index in [4.69, 9.17) is 5.73 Å². The summed E-state index contributed by atoms with van der Waals surface area (Å²) in [4.78, 5) is 0.974. The summed E-state index contributed by atoms with van der Waals surface area (Å²) in [6, 6.07) is 10.2. The molecule has 3 rings (SSSR count). The summed E-state index contributed by atoms with van der Waals surface area (Å²) >= 11 is 3.28. The fourth-order valence-electron chi connectivity index (χ4n) is 3.26. The molecular formula is C16H12N4S2. The molecule has 0 radical (unpaired) electrons. The van der Waals surface area contributed by atoms with Gasteiger partial charge in [-0.15, -0.1) is 11.3 Å². The molecule has 6 heteroatoms. The van der Waals surface area contributed by atoms with Gasteiger partial charge in [0.1, 0.15) is 6.07 Å². The molecule has 1 aliphatic heterocycles. The first-order chi connectivity index (χ1) is 10.7. The van der Waals surface area contributed by atoms with E-state index in [-0.39, 0.29) is 17.5 Å². The van der Waals surface area contributed by atoms with E-state index in [2.05, 4.69) is 18.2 Å². The van der Waals surface area contributed by atoms with Gasteiger partial charge in [-0.05, 0) is 17.0 Å². The molecule has 2 unspecified atom stereocenters. The first-order valence-corrected chi connectivity index (χ1v) is 8.77. The van der Waals surface area contributed by atoms with Gasteiger partial charge < -0.3 is 5.73 Å². The number of nitriles is 3. The largest absolute Gasteiger partial charge is 0.399 e. The second-order valence-electron chi connectivity index (χ2n) is 5.23. The SMILES string of the molecule is N#CC1=C(N)C(C#N)(C#N)C(c2cccs2)C2CSCC=C12. The third kappa shape index (κ3) is 1.87. The van der Waals surface area contributed by atoms with Crippen LogP contribution >= 0.6 is 23.1 Å². The molecule has 1 aliphatic carbocycles. The lowest BCUT2D eigenvalue weighted by Gasteiger charge is -2.42. The van der Waals surface area contributed by atoms with E-state index in [9.17, 15) is 15.8 Å². The smallest absolute Gasteiger partial charge is 0.192 e. The Morgan fingerprint density at radius 2 is 2.05 bits per heavy atom. The molecule has 2 heterocycles. The number of thiophene rings is 1. The minimum atomic E-state index is -1.48. The minimum absolute atomic E-state index is 0.0290. The number of allylic oxidation sites excluding steroid dienone is 3. The topological polar surface area (TPSA) is 97.4 Å². The van der Waals surface area contributed by atoms with Crippen molar-refractivity contribution in [3.8, 4) is 18.2 Å². The Morgan fingerprint density at radius 1 is 1.27 bits per heavy atom. The van der Waals surface area contributed by atoms with E-state index in [0.717, 1.165) is 22.0 Å². The highest BCUT2D eigenvalue weighted by Crippen LogP contribution is 2.55. The van der Waals surface area contributed by atoms with Gasteiger partial charge in [-0.1, -0.05) is 12.1 Å². The van der Waals surface area contributed by atoms with E-state index in [1.165, 1.54) is 11.3 Å². The van der Waals surface area contributed by atoms with Crippen LogP contribution in [-0.2, 0) is 0 Å². The molecule has 0 spiro atoms. The Morgan fingerprint density at radius 3 is 2.64 bits per heavy atom. The minimum Gasteiger partial charge on any atom is -0.399 e. The van der Waals surface area contributed by atoms with Gasteiger partial charge in [0.05, 0.1) is 23.4 Å². The van der Waals surface area contributed by atoms with Crippen LogP contribution in [0.4, 0.5) is 0 Å². The van der Waals surface area contributed by atoms with Crippen LogP contribution in [0.15, 0.2) is 40.4 Å². The highest BCUT2D eigenvalue weighted by Gasteiger charge is 2.54. The first kappa shape index (κ1) is 14.7. The maximum atomic E-state index is 9.77. The first-order valence-electron chi connectivity index (χ1n) is 6.74. The average Bonchev–Trinajstić information content (AvgIpc) is 3.08. The number of fused-ring (bicyclic) bond motifs is 1. The van der Waals surface area contributed by atoms with Gasteiger partial charge in [0.25, 0.3) is 0 Å². The second-order valence-corrected chi connectivity index (χ2v) is 7.28. The zero-order valence-corrected chi connectivity index (χ0v) is 13.2. The highest BCUT2D eigenvalue weighted by atomic mass is 32.2. The number of hydrogen-bond acceptors (Lipinski definition) is 6. The maximum Gasteiger partial charge on any atom is 0.192 e. The van der Waals surface area contributed by atoms with Crippen LogP contribution in [-0.4, -0.2) is 11.5 Å². The monoisotopic (exact) mass is 324 g/mol. The van der Waals surface area contributed by atoms with E-state index in [0.29, 0.717) is 5.57 Å². The van der Waals surface area contributed by atoms with Crippen molar-refractivity contribution in [1.29, 1.82) is 15.8 Å². The second kappa shape index (κ2) is 5.54. The maximum absolute atomic E-state index is 9.77. The zero-order chi connectivity index (χ0) is 15.7. The molecule has 22 heavy (non-hydrogen) atoms. The molecule has 108 valence electrons. The summed E-state index contributed by atoms with van der Waals surface area (Å²) in [6.45, 7) is 0. The Bertz CT molecular complexity index is 770. The summed E-state index contributed by atoms with van der Waals surface area (Å²) < 4.78 is 0. The van der Waals surface area contributed by atoms with Gasteiger partial charge in [0.15, 0.2) is 5.41 Å². The van der Waals surface area contributed by atoms with Crippen LogP contribution in [0.3, 0.4) is 0 Å². The molecule has 4 nitrogen and oxygen atoms in total. The van der Waals surface area contributed by atoms with Gasteiger partial charge >= 0.3 is 0 Å². The van der Waals surface area contributed by atoms with Gasteiger partial charge in [0.2, 0.25) is 0 Å². The summed E-state index contributed by atoms with van der Waals surface area (Å²) in [5, 5.41) is 31.0. The molecule has 0 fully saturated rings. The number of nitrogens with zero attached hydrogens (tertiary/aromatic N) is 3. The molecular weight excluding hydrogens is 312 g/mol. The molecule has 0 bridgehead atoms. The lowest BCUT2D eigenvalue weighted by Crippen LogP contribution is -2.43. The average molecular weight is 324 g/mol. The number of nitrogens with two attached hydrogens (primary N) is 1. The standard InChI is InChI=1S/C16H12N4S2/c17-6-11-10-3-5-21-7-12(10)14(13-2-1-4-22-13)16(8-18,9-19)15(11)20/h1-4,12,14H,5,7,20H2. The van der Waals surface area contributed by atoms with E-state index < -0.39 is 5.41 Å². The Balaban J connectivity index is 2.33. The highest BCUT2D eigenvalue weighted by molar-refractivity contribution is 7.99. The lowest BCUT2D eigenvalue weighted by atomic mass is 9.60. The van der Waals surface area contributed by atoms with E-state index in [1.807, 2.05) is 23.6 Å². The van der Waals surface area contributed by atoms with E-state index >= 15 is 0 Å². The Kier molecular flexibility index (Phi) is 3.71. The third-order valence-corrected chi connectivity index (χ3v) is 6.24. The fourth-order valence-corrected chi connectivity index (χ4v) is 5.28. The Labute approximate surface area is 137 Å². The van der Waals surface area contributed by atoms with Gasteiger partial charge in [-0.25, -0.2) is 0 Å². The molecule has 2 aliphatic rings. The Hall–Kier alpha value is -2.20. The van der Waals surface area contributed by atoms with Crippen molar-refractivity contribution in [2.75, 3.05) is 11.5 Å². The van der Waals surface area contributed by atoms with Gasteiger partial charge in [-0.2, -0.15) is 27.5 Å². The molecule has 0 saturated carbocycles. The number of hydrogen-bond donors (Lipinski definition) is 1. The van der Waals surface area contributed by atoms with Crippen molar-refractivity contribution in [2.24, 2.45) is 17.1 Å². The predicted octanol–water partition coefficient (Wildman–Crippen LogP) is 2.90. The van der Waals surface area contributed by atoms with Crippen LogP contribution in [0.5, 0.6) is 0 Å². The van der Waals surface area contributed by atoms with Crippen molar-refractivity contribution >= 4 is 23.1 Å². The quantitative estimate of drug-likeness (QED) is 0.856. The number of rotatable bonds is 1. The molecule has 0 saturated heterocycles. The van der Waals surface area contributed by atoms with Crippen molar-refractivity contribution in [3.05, 3.63) is 45.3 Å². The lowest BCUT2D eigenvalue weighted by molar-refractivity contribution is 0.373. The van der Waals surface area contributed by atoms with Crippen LogP contribution in [0.2, 0.25) is 0 Å². The summed E-state index contributed by atoms with van der Waals surface area (Å²) in [5.74, 6) is 1.27. The third-order valence-electron chi connectivity index (χ3n) is 4.28. The summed E-state index contributed by atoms with van der Waals surface area (Å²) in [6.07, 6.45) is 2.02. The molecule has 1 aromatic heterocycles. The predicted molar refractivity (Wildman–Crippen MR) is 86.4 cm³/mol. The zero-order valence-electron chi connectivity index (χ0n) is 11.6. The van der Waals surface area contributed by atoms with E-state index in [1.54, 1.807) is 11.8 Å². The van der Waals surface area contributed by atoms with Crippen LogP contribution < -0.4 is 5.73 Å². The number of thioether (sulfide) groups is 1. The van der Waals surface area contributed by atoms with Gasteiger partial charge in [-0.3, -0.25) is 0 Å². The molecule has 2 atom stereocenters. The van der Waals surface area contributed by atoms with Crippen LogP contribution in [0.25, 0.3) is 0 Å². The van der Waals surface area contributed by atoms with Crippen molar-refractivity contribution in [3.63, 3.8) is 0 Å². The molecule has 0 amide bonds. The van der Waals surface area contributed by atoms with Crippen LogP contribution in [0, 0.1) is 45.3 Å². The normalized spacial score (nSPS) is 26.1. The van der Waals surface area contributed by atoms with Crippen molar-refractivity contribution in [1.82, 2.24) is 0 Å². The molecule has 2 N–H and O–H groups in total.